The molecule has 4 rings (SSSR count). The number of aryl methyl sites for hydroxylation is 2. The fourth-order valence-electron chi connectivity index (χ4n) is 3.41. The van der Waals surface area contributed by atoms with Crippen molar-refractivity contribution >= 4 is 11.3 Å². The van der Waals surface area contributed by atoms with E-state index in [1.807, 2.05) is 18.4 Å². The lowest BCUT2D eigenvalue weighted by molar-refractivity contribution is -0.0341. The quantitative estimate of drug-likeness (QED) is 0.919. The highest BCUT2D eigenvalue weighted by molar-refractivity contribution is 7.11. The average molecular weight is 278 g/mol. The Morgan fingerprint density at radius 3 is 2.74 bits per heavy atom. The summed E-state index contributed by atoms with van der Waals surface area (Å²) >= 11 is 1.97. The van der Waals surface area contributed by atoms with Gasteiger partial charge in [0.05, 0.1) is 17.3 Å². The molecule has 0 spiro atoms. The molecule has 0 bridgehead atoms. The third-order valence-electron chi connectivity index (χ3n) is 4.80. The molecule has 2 fully saturated rings. The summed E-state index contributed by atoms with van der Waals surface area (Å²) < 4.78 is 5.50. The van der Waals surface area contributed by atoms with Crippen LogP contribution in [0.15, 0.2) is 0 Å². The summed E-state index contributed by atoms with van der Waals surface area (Å²) in [6.45, 7) is 0. The van der Waals surface area contributed by atoms with Gasteiger partial charge in [-0.2, -0.15) is 0 Å². The van der Waals surface area contributed by atoms with Gasteiger partial charge in [0.2, 0.25) is 0 Å². The number of hydrogen-bond acceptors (Lipinski definition) is 4. The standard InChI is InChI=1S/C15H22N2OS/c1-18-11-8-15(9-11,17-10-6-7-10)14-16-12-4-2-3-5-13(12)19-14/h10-11,17H,2-9H2,1H3. The van der Waals surface area contributed by atoms with Gasteiger partial charge in [-0.3, -0.25) is 0 Å². The Morgan fingerprint density at radius 2 is 2.05 bits per heavy atom. The van der Waals surface area contributed by atoms with Crippen LogP contribution in [0, 0.1) is 0 Å². The molecule has 1 aromatic heterocycles. The average Bonchev–Trinajstić information content (AvgIpc) is 3.08. The van der Waals surface area contributed by atoms with Gasteiger partial charge in [-0.15, -0.1) is 11.3 Å². The van der Waals surface area contributed by atoms with E-state index in [9.17, 15) is 0 Å². The molecule has 3 aliphatic rings. The zero-order chi connectivity index (χ0) is 12.9. The maximum absolute atomic E-state index is 5.50. The molecule has 0 unspecified atom stereocenters. The van der Waals surface area contributed by atoms with Crippen molar-refractivity contribution in [3.8, 4) is 0 Å². The highest BCUT2D eigenvalue weighted by Gasteiger charge is 2.50. The number of methoxy groups -OCH3 is 1. The number of fused-ring (bicyclic) bond motifs is 1. The number of hydrogen-bond donors (Lipinski definition) is 1. The predicted molar refractivity (Wildman–Crippen MR) is 76.6 cm³/mol. The number of nitrogens with one attached hydrogen (secondary N) is 1. The molecule has 0 saturated heterocycles. The molecule has 0 atom stereocenters. The SMILES string of the molecule is COC1CC(NC2CC2)(c2nc3c(s2)CCCC3)C1. The van der Waals surface area contributed by atoms with Gasteiger partial charge in [0, 0.05) is 18.0 Å². The van der Waals surface area contributed by atoms with Gasteiger partial charge < -0.3 is 10.1 Å². The summed E-state index contributed by atoms with van der Waals surface area (Å²) in [6.07, 6.45) is 10.4. The third-order valence-corrected chi connectivity index (χ3v) is 6.16. The Bertz CT molecular complexity index is 451. The predicted octanol–water partition coefficient (Wildman–Crippen LogP) is 2.78. The minimum absolute atomic E-state index is 0.143. The Morgan fingerprint density at radius 1 is 1.26 bits per heavy atom. The largest absolute Gasteiger partial charge is 0.381 e. The van der Waals surface area contributed by atoms with Crippen LogP contribution in [0.2, 0.25) is 0 Å². The van der Waals surface area contributed by atoms with Crippen molar-refractivity contribution in [3.05, 3.63) is 15.6 Å². The lowest BCUT2D eigenvalue weighted by atomic mass is 9.74. The van der Waals surface area contributed by atoms with E-state index in [1.165, 1.54) is 49.2 Å². The van der Waals surface area contributed by atoms with Gasteiger partial charge in [-0.25, -0.2) is 4.98 Å². The third kappa shape index (κ3) is 2.14. The van der Waals surface area contributed by atoms with Gasteiger partial charge in [-0.1, -0.05) is 0 Å². The van der Waals surface area contributed by atoms with Crippen molar-refractivity contribution in [3.63, 3.8) is 0 Å². The van der Waals surface area contributed by atoms with Gasteiger partial charge in [-0.05, 0) is 51.4 Å². The van der Waals surface area contributed by atoms with Crippen LogP contribution < -0.4 is 5.32 Å². The van der Waals surface area contributed by atoms with E-state index in [0.717, 1.165) is 18.9 Å². The van der Waals surface area contributed by atoms with Crippen molar-refractivity contribution in [2.45, 2.75) is 69.1 Å². The molecule has 3 aliphatic carbocycles. The van der Waals surface area contributed by atoms with Crippen LogP contribution in [0.4, 0.5) is 0 Å². The molecular weight excluding hydrogens is 256 g/mol. The summed E-state index contributed by atoms with van der Waals surface area (Å²) in [7, 11) is 1.83. The molecule has 2 saturated carbocycles. The molecule has 4 heteroatoms. The van der Waals surface area contributed by atoms with E-state index in [1.54, 1.807) is 4.88 Å². The summed E-state index contributed by atoms with van der Waals surface area (Å²) in [5.41, 5.74) is 1.54. The minimum Gasteiger partial charge on any atom is -0.381 e. The second kappa shape index (κ2) is 4.54. The molecule has 0 aromatic carbocycles. The maximum Gasteiger partial charge on any atom is 0.113 e. The minimum atomic E-state index is 0.143. The van der Waals surface area contributed by atoms with Crippen molar-refractivity contribution < 1.29 is 4.74 Å². The van der Waals surface area contributed by atoms with Gasteiger partial charge in [0.25, 0.3) is 0 Å². The van der Waals surface area contributed by atoms with Crippen molar-refractivity contribution in [2.75, 3.05) is 7.11 Å². The smallest absolute Gasteiger partial charge is 0.113 e. The molecule has 0 radical (unpaired) electrons. The maximum atomic E-state index is 5.50. The van der Waals surface area contributed by atoms with Gasteiger partial charge in [0.15, 0.2) is 0 Å². The number of rotatable bonds is 4. The lowest BCUT2D eigenvalue weighted by Crippen LogP contribution is -2.56. The van der Waals surface area contributed by atoms with Crippen molar-refractivity contribution in [1.29, 1.82) is 0 Å². The first-order valence-electron chi connectivity index (χ1n) is 7.59. The highest BCUT2D eigenvalue weighted by atomic mass is 32.1. The van der Waals surface area contributed by atoms with Crippen LogP contribution in [-0.4, -0.2) is 24.2 Å². The first-order chi connectivity index (χ1) is 9.29. The fourth-order valence-corrected chi connectivity index (χ4v) is 4.74. The summed E-state index contributed by atoms with van der Waals surface area (Å²) in [4.78, 5) is 6.55. The Balaban J connectivity index is 1.61. The molecule has 0 amide bonds. The second-order valence-corrected chi connectivity index (χ2v) is 7.45. The molecule has 1 N–H and O–H groups in total. The number of aromatic nitrogens is 1. The molecule has 19 heavy (non-hydrogen) atoms. The normalized spacial score (nSPS) is 33.8. The van der Waals surface area contributed by atoms with Crippen LogP contribution in [0.3, 0.4) is 0 Å². The Kier molecular flexibility index (Phi) is 2.94. The van der Waals surface area contributed by atoms with Crippen LogP contribution in [0.5, 0.6) is 0 Å². The van der Waals surface area contributed by atoms with E-state index >= 15 is 0 Å². The van der Waals surface area contributed by atoms with E-state index in [2.05, 4.69) is 5.32 Å². The van der Waals surface area contributed by atoms with Crippen LogP contribution >= 0.6 is 11.3 Å². The van der Waals surface area contributed by atoms with E-state index in [0.29, 0.717) is 6.10 Å². The fraction of sp³-hybridized carbons (Fsp3) is 0.800. The first-order valence-corrected chi connectivity index (χ1v) is 8.40. The highest BCUT2D eigenvalue weighted by Crippen LogP contribution is 2.47. The van der Waals surface area contributed by atoms with E-state index < -0.39 is 0 Å². The summed E-state index contributed by atoms with van der Waals surface area (Å²) in [5.74, 6) is 0. The topological polar surface area (TPSA) is 34.1 Å². The molecular formula is C15H22N2OS. The second-order valence-electron chi connectivity index (χ2n) is 6.36. The number of nitrogens with zero attached hydrogens (tertiary/aromatic N) is 1. The monoisotopic (exact) mass is 278 g/mol. The molecule has 3 nitrogen and oxygen atoms in total. The Hall–Kier alpha value is -0.450. The zero-order valence-electron chi connectivity index (χ0n) is 11.6. The Labute approximate surface area is 118 Å². The molecule has 1 heterocycles. The van der Waals surface area contributed by atoms with Crippen LogP contribution in [0.1, 0.15) is 54.1 Å². The number of ether oxygens (including phenoxy) is 1. The molecule has 0 aliphatic heterocycles. The van der Waals surface area contributed by atoms with Gasteiger partial charge in [0.1, 0.15) is 5.01 Å². The van der Waals surface area contributed by atoms with Crippen molar-refractivity contribution in [1.82, 2.24) is 10.3 Å². The first kappa shape index (κ1) is 12.3. The summed E-state index contributed by atoms with van der Waals surface area (Å²) in [5, 5.41) is 5.21. The number of thiazole rings is 1. The van der Waals surface area contributed by atoms with E-state index in [4.69, 9.17) is 9.72 Å². The molecule has 1 aromatic rings. The lowest BCUT2D eigenvalue weighted by Gasteiger charge is -2.46. The van der Waals surface area contributed by atoms with Crippen LogP contribution in [-0.2, 0) is 23.1 Å². The zero-order valence-corrected chi connectivity index (χ0v) is 12.4. The summed E-state index contributed by atoms with van der Waals surface area (Å²) in [6, 6.07) is 0.735. The van der Waals surface area contributed by atoms with Gasteiger partial charge >= 0.3 is 0 Å². The van der Waals surface area contributed by atoms with Crippen molar-refractivity contribution in [2.24, 2.45) is 0 Å². The molecule has 104 valence electrons. The van der Waals surface area contributed by atoms with E-state index in [-0.39, 0.29) is 5.54 Å². The van der Waals surface area contributed by atoms with Crippen LogP contribution in [0.25, 0.3) is 0 Å².